The van der Waals surface area contributed by atoms with Crippen molar-refractivity contribution in [3.8, 4) is 0 Å². The SMILES string of the molecule is CC1CN(Cc2c(F)cccc2F)CC(C)N1. The van der Waals surface area contributed by atoms with Gasteiger partial charge in [-0.1, -0.05) is 6.07 Å². The third-order valence-electron chi connectivity index (χ3n) is 3.08. The second-order valence-corrected chi connectivity index (χ2v) is 4.86. The van der Waals surface area contributed by atoms with Crippen LogP contribution in [-0.2, 0) is 6.54 Å². The molecule has 0 spiro atoms. The minimum Gasteiger partial charge on any atom is -0.309 e. The number of benzene rings is 1. The van der Waals surface area contributed by atoms with Crippen LogP contribution in [0.5, 0.6) is 0 Å². The number of nitrogens with zero attached hydrogens (tertiary/aromatic N) is 1. The summed E-state index contributed by atoms with van der Waals surface area (Å²) in [5.74, 6) is -0.910. The van der Waals surface area contributed by atoms with Crippen molar-refractivity contribution in [2.75, 3.05) is 13.1 Å². The van der Waals surface area contributed by atoms with E-state index < -0.39 is 11.6 Å². The van der Waals surface area contributed by atoms with Crippen LogP contribution in [0.4, 0.5) is 8.78 Å². The molecule has 1 aliphatic rings. The van der Waals surface area contributed by atoms with E-state index in [1.54, 1.807) is 0 Å². The molecule has 0 aromatic heterocycles. The maximum absolute atomic E-state index is 13.5. The molecular formula is C13H18F2N2. The molecule has 0 bridgehead atoms. The molecule has 2 rings (SSSR count). The van der Waals surface area contributed by atoms with Crippen LogP contribution in [0.15, 0.2) is 18.2 Å². The first-order valence-electron chi connectivity index (χ1n) is 5.97. The summed E-state index contributed by atoms with van der Waals surface area (Å²) in [5, 5.41) is 3.40. The molecule has 1 fully saturated rings. The topological polar surface area (TPSA) is 15.3 Å². The molecule has 1 saturated heterocycles. The normalized spacial score (nSPS) is 26.1. The van der Waals surface area contributed by atoms with E-state index in [-0.39, 0.29) is 5.56 Å². The van der Waals surface area contributed by atoms with E-state index in [9.17, 15) is 8.78 Å². The lowest BCUT2D eigenvalue weighted by atomic mass is 10.1. The van der Waals surface area contributed by atoms with Crippen molar-refractivity contribution < 1.29 is 8.78 Å². The lowest BCUT2D eigenvalue weighted by molar-refractivity contribution is 0.163. The lowest BCUT2D eigenvalue weighted by Crippen LogP contribution is -2.53. The van der Waals surface area contributed by atoms with Gasteiger partial charge in [0.25, 0.3) is 0 Å². The van der Waals surface area contributed by atoms with Gasteiger partial charge in [-0.25, -0.2) is 8.78 Å². The zero-order chi connectivity index (χ0) is 12.4. The molecule has 4 heteroatoms. The van der Waals surface area contributed by atoms with Crippen molar-refractivity contribution in [1.82, 2.24) is 10.2 Å². The average molecular weight is 240 g/mol. The van der Waals surface area contributed by atoms with Crippen LogP contribution < -0.4 is 5.32 Å². The van der Waals surface area contributed by atoms with Gasteiger partial charge in [0.15, 0.2) is 0 Å². The quantitative estimate of drug-likeness (QED) is 0.852. The van der Waals surface area contributed by atoms with Gasteiger partial charge in [-0.3, -0.25) is 4.90 Å². The fraction of sp³-hybridized carbons (Fsp3) is 0.538. The first kappa shape index (κ1) is 12.5. The maximum atomic E-state index is 13.5. The molecule has 2 nitrogen and oxygen atoms in total. The first-order valence-corrected chi connectivity index (χ1v) is 5.97. The van der Waals surface area contributed by atoms with Crippen LogP contribution in [0.2, 0.25) is 0 Å². The number of halogens is 2. The van der Waals surface area contributed by atoms with Gasteiger partial charge < -0.3 is 5.32 Å². The fourth-order valence-corrected chi connectivity index (χ4v) is 2.48. The van der Waals surface area contributed by atoms with Crippen LogP contribution in [0.25, 0.3) is 0 Å². The van der Waals surface area contributed by atoms with Crippen LogP contribution in [0.3, 0.4) is 0 Å². The third-order valence-corrected chi connectivity index (χ3v) is 3.08. The summed E-state index contributed by atoms with van der Waals surface area (Å²) in [6.07, 6.45) is 0. The summed E-state index contributed by atoms with van der Waals surface area (Å²) >= 11 is 0. The number of piperazine rings is 1. The predicted octanol–water partition coefficient (Wildman–Crippen LogP) is 2.15. The summed E-state index contributed by atoms with van der Waals surface area (Å²) in [6, 6.07) is 4.74. The molecule has 17 heavy (non-hydrogen) atoms. The Bertz CT molecular complexity index is 365. The van der Waals surface area contributed by atoms with Gasteiger partial charge >= 0.3 is 0 Å². The molecule has 2 atom stereocenters. The molecule has 1 N–H and O–H groups in total. The molecule has 1 aliphatic heterocycles. The van der Waals surface area contributed by atoms with Crippen molar-refractivity contribution in [2.24, 2.45) is 0 Å². The van der Waals surface area contributed by atoms with Crippen molar-refractivity contribution >= 4 is 0 Å². The summed E-state index contributed by atoms with van der Waals surface area (Å²) in [5.41, 5.74) is 0.175. The number of hydrogen-bond acceptors (Lipinski definition) is 2. The smallest absolute Gasteiger partial charge is 0.130 e. The number of hydrogen-bond donors (Lipinski definition) is 1. The molecule has 0 aliphatic carbocycles. The Hall–Kier alpha value is -1.00. The van der Waals surface area contributed by atoms with Crippen molar-refractivity contribution in [1.29, 1.82) is 0 Å². The second-order valence-electron chi connectivity index (χ2n) is 4.86. The highest BCUT2D eigenvalue weighted by Crippen LogP contribution is 2.16. The van der Waals surface area contributed by atoms with Gasteiger partial charge in [-0.05, 0) is 26.0 Å². The molecule has 1 heterocycles. The van der Waals surface area contributed by atoms with E-state index in [0.29, 0.717) is 18.6 Å². The second kappa shape index (κ2) is 5.10. The van der Waals surface area contributed by atoms with Gasteiger partial charge in [0.2, 0.25) is 0 Å². The Balaban J connectivity index is 2.10. The summed E-state index contributed by atoms with van der Waals surface area (Å²) < 4.78 is 27.0. The van der Waals surface area contributed by atoms with E-state index in [2.05, 4.69) is 24.1 Å². The largest absolute Gasteiger partial charge is 0.309 e. The Morgan fingerprint density at radius 1 is 1.18 bits per heavy atom. The fourth-order valence-electron chi connectivity index (χ4n) is 2.48. The number of rotatable bonds is 2. The van der Waals surface area contributed by atoms with E-state index in [0.717, 1.165) is 13.1 Å². The van der Waals surface area contributed by atoms with Gasteiger partial charge in [0, 0.05) is 37.3 Å². The maximum Gasteiger partial charge on any atom is 0.130 e. The molecule has 1 aromatic carbocycles. The highest BCUT2D eigenvalue weighted by molar-refractivity contribution is 5.19. The van der Waals surface area contributed by atoms with Crippen LogP contribution >= 0.6 is 0 Å². The predicted molar refractivity (Wildman–Crippen MR) is 63.7 cm³/mol. The minimum atomic E-state index is -0.455. The van der Waals surface area contributed by atoms with E-state index >= 15 is 0 Å². The molecule has 0 saturated carbocycles. The highest BCUT2D eigenvalue weighted by atomic mass is 19.1. The number of nitrogens with one attached hydrogen (secondary N) is 1. The van der Waals surface area contributed by atoms with E-state index in [1.807, 2.05) is 0 Å². The van der Waals surface area contributed by atoms with Crippen LogP contribution in [0.1, 0.15) is 19.4 Å². The Kier molecular flexibility index (Phi) is 3.74. The molecule has 2 unspecified atom stereocenters. The summed E-state index contributed by atoms with van der Waals surface area (Å²) in [6.45, 7) is 6.14. The standard InChI is InChI=1S/C13H18F2N2/c1-9-6-17(7-10(2)16-9)8-11-12(14)4-3-5-13(11)15/h3-5,9-10,16H,6-8H2,1-2H3. The molecular weight excluding hydrogens is 222 g/mol. The molecule has 0 radical (unpaired) electrons. The van der Waals surface area contributed by atoms with Crippen molar-refractivity contribution in [3.63, 3.8) is 0 Å². The minimum absolute atomic E-state index is 0.175. The van der Waals surface area contributed by atoms with Crippen molar-refractivity contribution in [3.05, 3.63) is 35.4 Å². The van der Waals surface area contributed by atoms with Gasteiger partial charge in [-0.15, -0.1) is 0 Å². The Morgan fingerprint density at radius 3 is 2.24 bits per heavy atom. The zero-order valence-corrected chi connectivity index (χ0v) is 10.2. The third kappa shape index (κ3) is 3.01. The molecule has 1 aromatic rings. The highest BCUT2D eigenvalue weighted by Gasteiger charge is 2.22. The van der Waals surface area contributed by atoms with Gasteiger partial charge in [0.05, 0.1) is 0 Å². The van der Waals surface area contributed by atoms with E-state index in [1.165, 1.54) is 18.2 Å². The molecule has 94 valence electrons. The monoisotopic (exact) mass is 240 g/mol. The Labute approximate surface area is 101 Å². The van der Waals surface area contributed by atoms with Crippen molar-refractivity contribution in [2.45, 2.75) is 32.5 Å². The van der Waals surface area contributed by atoms with E-state index in [4.69, 9.17) is 0 Å². The van der Waals surface area contributed by atoms with Crippen LogP contribution in [-0.4, -0.2) is 30.1 Å². The average Bonchev–Trinajstić information content (AvgIpc) is 2.22. The Morgan fingerprint density at radius 2 is 1.71 bits per heavy atom. The zero-order valence-electron chi connectivity index (χ0n) is 10.2. The lowest BCUT2D eigenvalue weighted by Gasteiger charge is -2.36. The van der Waals surface area contributed by atoms with Crippen LogP contribution in [0, 0.1) is 11.6 Å². The van der Waals surface area contributed by atoms with Gasteiger partial charge in [0.1, 0.15) is 11.6 Å². The summed E-state index contributed by atoms with van der Waals surface area (Å²) in [4.78, 5) is 2.09. The van der Waals surface area contributed by atoms with Gasteiger partial charge in [-0.2, -0.15) is 0 Å². The first-order chi connectivity index (χ1) is 8.06. The summed E-state index contributed by atoms with van der Waals surface area (Å²) in [7, 11) is 0. The molecule has 0 amide bonds.